The molecular formula is C21H13NO5. The number of hydrogen-bond acceptors (Lipinski definition) is 6. The Bertz CT molecular complexity index is 1110. The largest absolute Gasteiger partial charge is 0.508 e. The van der Waals surface area contributed by atoms with Crippen LogP contribution in [0.4, 0.5) is 0 Å². The van der Waals surface area contributed by atoms with Gasteiger partial charge in [-0.15, -0.1) is 0 Å². The number of rotatable bonds is 4. The van der Waals surface area contributed by atoms with Crippen LogP contribution in [0.15, 0.2) is 67.3 Å². The van der Waals surface area contributed by atoms with Gasteiger partial charge < -0.3 is 14.6 Å². The fourth-order valence-electron chi connectivity index (χ4n) is 2.43. The summed E-state index contributed by atoms with van der Waals surface area (Å²) in [6.07, 6.45) is 1.07. The van der Waals surface area contributed by atoms with Gasteiger partial charge in [0.2, 0.25) is 0 Å². The van der Waals surface area contributed by atoms with Gasteiger partial charge in [-0.3, -0.25) is 0 Å². The first-order chi connectivity index (χ1) is 13.0. The van der Waals surface area contributed by atoms with Crippen LogP contribution < -0.4 is 9.47 Å². The number of nitriles is 1. The van der Waals surface area contributed by atoms with Gasteiger partial charge in [-0.25, -0.2) is 9.59 Å². The highest BCUT2D eigenvalue weighted by Crippen LogP contribution is 2.25. The number of ether oxygens (including phenoxy) is 2. The van der Waals surface area contributed by atoms with E-state index >= 15 is 0 Å². The van der Waals surface area contributed by atoms with Crippen molar-refractivity contribution in [2.45, 2.75) is 0 Å². The van der Waals surface area contributed by atoms with E-state index in [-0.39, 0.29) is 22.6 Å². The van der Waals surface area contributed by atoms with Crippen LogP contribution in [0.1, 0.15) is 15.9 Å². The maximum atomic E-state index is 12.4. The van der Waals surface area contributed by atoms with Gasteiger partial charge in [-0.05, 0) is 47.2 Å². The first-order valence-corrected chi connectivity index (χ1v) is 7.83. The number of nitrogens with zero attached hydrogens (tertiary/aromatic N) is 1. The van der Waals surface area contributed by atoms with E-state index in [9.17, 15) is 14.7 Å². The molecule has 0 aliphatic rings. The molecule has 6 heteroatoms. The second kappa shape index (κ2) is 7.42. The highest BCUT2D eigenvalue weighted by atomic mass is 16.5. The van der Waals surface area contributed by atoms with Crippen molar-refractivity contribution in [3.63, 3.8) is 0 Å². The van der Waals surface area contributed by atoms with Gasteiger partial charge in [-0.2, -0.15) is 5.26 Å². The second-order valence-electron chi connectivity index (χ2n) is 5.53. The van der Waals surface area contributed by atoms with Gasteiger partial charge in [-0.1, -0.05) is 18.7 Å². The van der Waals surface area contributed by atoms with Crippen molar-refractivity contribution in [1.29, 1.82) is 5.26 Å². The number of carbonyl (C=O) groups excluding carboxylic acids is 2. The number of phenols is 1. The molecule has 0 aromatic heterocycles. The predicted octanol–water partition coefficient (Wildman–Crippen LogP) is 3.73. The molecule has 0 saturated heterocycles. The topological polar surface area (TPSA) is 96.6 Å². The minimum Gasteiger partial charge on any atom is -0.508 e. The first kappa shape index (κ1) is 17.7. The number of carbonyl (C=O) groups is 2. The Morgan fingerprint density at radius 2 is 1.74 bits per heavy atom. The molecule has 0 radical (unpaired) electrons. The van der Waals surface area contributed by atoms with Crippen molar-refractivity contribution in [2.24, 2.45) is 0 Å². The van der Waals surface area contributed by atoms with Crippen molar-refractivity contribution in [2.75, 3.05) is 0 Å². The van der Waals surface area contributed by atoms with Crippen LogP contribution in [0, 0.1) is 11.3 Å². The lowest BCUT2D eigenvalue weighted by Gasteiger charge is -2.08. The molecular weight excluding hydrogens is 346 g/mol. The third-order valence-corrected chi connectivity index (χ3v) is 3.72. The fraction of sp³-hybridized carbons (Fsp3) is 0. The van der Waals surface area contributed by atoms with Crippen LogP contribution >= 0.6 is 0 Å². The number of benzene rings is 3. The van der Waals surface area contributed by atoms with Gasteiger partial charge in [0.05, 0.1) is 11.1 Å². The Kier molecular flexibility index (Phi) is 4.86. The summed E-state index contributed by atoms with van der Waals surface area (Å²) in [4.78, 5) is 23.7. The maximum absolute atomic E-state index is 12.4. The van der Waals surface area contributed by atoms with E-state index < -0.39 is 11.9 Å². The molecule has 27 heavy (non-hydrogen) atoms. The normalized spacial score (nSPS) is 10.0. The lowest BCUT2D eigenvalue weighted by molar-refractivity contribution is -0.128. The summed E-state index contributed by atoms with van der Waals surface area (Å²) in [6.45, 7) is 3.34. The highest BCUT2D eigenvalue weighted by molar-refractivity contribution is 5.97. The summed E-state index contributed by atoms with van der Waals surface area (Å²) >= 11 is 0. The Labute approximate surface area is 154 Å². The van der Waals surface area contributed by atoms with E-state index in [0.29, 0.717) is 5.75 Å². The molecule has 0 saturated carbocycles. The van der Waals surface area contributed by atoms with Crippen molar-refractivity contribution in [3.05, 3.63) is 78.4 Å². The maximum Gasteiger partial charge on any atom is 0.343 e. The molecule has 1 N–H and O–H groups in total. The van der Waals surface area contributed by atoms with Crippen LogP contribution in [-0.2, 0) is 4.79 Å². The van der Waals surface area contributed by atoms with Crippen molar-refractivity contribution in [1.82, 2.24) is 0 Å². The molecule has 0 heterocycles. The van der Waals surface area contributed by atoms with Gasteiger partial charge in [0.1, 0.15) is 23.3 Å². The summed E-state index contributed by atoms with van der Waals surface area (Å²) in [7, 11) is 0. The number of esters is 2. The molecule has 0 aliphatic carbocycles. The average molecular weight is 359 g/mol. The van der Waals surface area contributed by atoms with E-state index in [1.54, 1.807) is 36.4 Å². The number of hydrogen-bond donors (Lipinski definition) is 1. The van der Waals surface area contributed by atoms with Crippen LogP contribution in [0.5, 0.6) is 17.2 Å². The molecule has 0 bridgehead atoms. The third kappa shape index (κ3) is 3.94. The number of phenolic OH excluding ortho intramolecular Hbond substituents is 1. The average Bonchev–Trinajstić information content (AvgIpc) is 2.68. The molecule has 3 aromatic rings. The SMILES string of the molecule is C=CC(=O)Oc1ccc2cc(C(=O)Oc3ccc(O)cc3C#N)ccc2c1. The van der Waals surface area contributed by atoms with Crippen molar-refractivity contribution in [3.8, 4) is 23.3 Å². The van der Waals surface area contributed by atoms with E-state index in [2.05, 4.69) is 6.58 Å². The zero-order valence-electron chi connectivity index (χ0n) is 14.0. The van der Waals surface area contributed by atoms with Gasteiger partial charge in [0.15, 0.2) is 0 Å². The minimum atomic E-state index is -0.638. The Balaban J connectivity index is 1.85. The van der Waals surface area contributed by atoms with Crippen LogP contribution in [0.2, 0.25) is 0 Å². The minimum absolute atomic E-state index is 0.0535. The fourth-order valence-corrected chi connectivity index (χ4v) is 2.43. The van der Waals surface area contributed by atoms with Gasteiger partial charge in [0.25, 0.3) is 0 Å². The molecule has 0 fully saturated rings. The van der Waals surface area contributed by atoms with E-state index in [1.807, 2.05) is 6.07 Å². The molecule has 0 amide bonds. The lowest BCUT2D eigenvalue weighted by atomic mass is 10.1. The van der Waals surface area contributed by atoms with Crippen molar-refractivity contribution < 1.29 is 24.2 Å². The zero-order valence-corrected chi connectivity index (χ0v) is 14.0. The lowest BCUT2D eigenvalue weighted by Crippen LogP contribution is -2.09. The molecule has 0 aliphatic heterocycles. The quantitative estimate of drug-likeness (QED) is 0.433. The van der Waals surface area contributed by atoms with Crippen LogP contribution in [0.3, 0.4) is 0 Å². The van der Waals surface area contributed by atoms with E-state index in [1.165, 1.54) is 18.2 Å². The zero-order chi connectivity index (χ0) is 19.4. The Hall–Kier alpha value is -4.11. The summed E-state index contributed by atoms with van der Waals surface area (Å²) in [6, 6.07) is 15.6. The molecule has 3 aromatic carbocycles. The van der Waals surface area contributed by atoms with Crippen molar-refractivity contribution >= 4 is 22.7 Å². The number of aromatic hydroxyl groups is 1. The molecule has 3 rings (SSSR count). The summed E-state index contributed by atoms with van der Waals surface area (Å²) in [5.41, 5.74) is 0.341. The van der Waals surface area contributed by atoms with Crippen LogP contribution in [0.25, 0.3) is 10.8 Å². The first-order valence-electron chi connectivity index (χ1n) is 7.83. The van der Waals surface area contributed by atoms with Gasteiger partial charge >= 0.3 is 11.9 Å². The molecule has 0 spiro atoms. The third-order valence-electron chi connectivity index (χ3n) is 3.72. The molecule has 132 valence electrons. The number of fused-ring (bicyclic) bond motifs is 1. The Morgan fingerprint density at radius 3 is 2.48 bits per heavy atom. The summed E-state index contributed by atoms with van der Waals surface area (Å²) < 4.78 is 10.3. The van der Waals surface area contributed by atoms with Gasteiger partial charge in [0, 0.05) is 12.1 Å². The molecule has 6 nitrogen and oxygen atoms in total. The second-order valence-corrected chi connectivity index (χ2v) is 5.53. The Morgan fingerprint density at radius 1 is 1.00 bits per heavy atom. The predicted molar refractivity (Wildman–Crippen MR) is 97.6 cm³/mol. The van der Waals surface area contributed by atoms with E-state index in [0.717, 1.165) is 16.8 Å². The van der Waals surface area contributed by atoms with E-state index in [4.69, 9.17) is 14.7 Å². The highest BCUT2D eigenvalue weighted by Gasteiger charge is 2.13. The standard InChI is InChI=1S/C21H13NO5/c1-2-20(24)26-18-7-5-13-9-15(4-3-14(13)11-18)21(25)27-19-8-6-17(23)10-16(19)12-22/h2-11,23H,1H2. The van der Waals surface area contributed by atoms with Crippen LogP contribution in [-0.4, -0.2) is 17.0 Å². The molecule has 0 unspecified atom stereocenters. The monoisotopic (exact) mass is 359 g/mol. The summed E-state index contributed by atoms with van der Waals surface area (Å²) in [5, 5.41) is 20.0. The molecule has 0 atom stereocenters. The smallest absolute Gasteiger partial charge is 0.343 e. The summed E-state index contributed by atoms with van der Waals surface area (Å²) in [5.74, 6) is -0.861.